The fourth-order valence-electron chi connectivity index (χ4n) is 1.34. The highest BCUT2D eigenvalue weighted by Crippen LogP contribution is 2.37. The molecule has 0 unspecified atom stereocenters. The van der Waals surface area contributed by atoms with Crippen LogP contribution in [-0.4, -0.2) is 24.0 Å². The van der Waals surface area contributed by atoms with Gasteiger partial charge in [0.15, 0.2) is 0 Å². The first-order valence-electron chi connectivity index (χ1n) is 5.44. The standard InChI is InChI=1S/C11H10F3N2O4/c1-2-20-10(17)6-15-8-4-3-7(11(12,13)14)5-9(8)16(18)19/h3-5H,2,6H2,1H3/q-1. The van der Waals surface area contributed by atoms with Gasteiger partial charge in [-0.25, -0.2) is 0 Å². The topological polar surface area (TPSA) is 83.5 Å². The van der Waals surface area contributed by atoms with Crippen LogP contribution >= 0.6 is 0 Å². The van der Waals surface area contributed by atoms with E-state index in [9.17, 15) is 28.1 Å². The van der Waals surface area contributed by atoms with Gasteiger partial charge in [-0.05, 0) is 13.5 Å². The van der Waals surface area contributed by atoms with Crippen molar-refractivity contribution < 1.29 is 27.6 Å². The van der Waals surface area contributed by atoms with Gasteiger partial charge in [-0.1, -0.05) is 17.8 Å². The Bertz CT molecular complexity index is 517. The molecule has 0 aromatic heterocycles. The minimum atomic E-state index is -4.69. The first-order valence-corrected chi connectivity index (χ1v) is 5.44. The van der Waals surface area contributed by atoms with Crippen molar-refractivity contribution in [2.75, 3.05) is 13.2 Å². The molecule has 9 heteroatoms. The Morgan fingerprint density at radius 2 is 2.10 bits per heavy atom. The molecule has 1 aromatic carbocycles. The summed E-state index contributed by atoms with van der Waals surface area (Å²) in [5.41, 5.74) is -2.28. The van der Waals surface area contributed by atoms with Gasteiger partial charge in [-0.2, -0.15) is 13.2 Å². The highest BCUT2D eigenvalue weighted by atomic mass is 19.4. The third-order valence-electron chi connectivity index (χ3n) is 2.18. The molecule has 0 bridgehead atoms. The van der Waals surface area contributed by atoms with Crippen LogP contribution in [0.1, 0.15) is 12.5 Å². The fourth-order valence-corrected chi connectivity index (χ4v) is 1.34. The Morgan fingerprint density at radius 3 is 2.60 bits per heavy atom. The molecule has 0 N–H and O–H groups in total. The van der Waals surface area contributed by atoms with Crippen LogP contribution in [0, 0.1) is 10.1 Å². The molecule has 0 fully saturated rings. The molecule has 0 aliphatic heterocycles. The van der Waals surface area contributed by atoms with Crippen LogP contribution in [0.15, 0.2) is 18.2 Å². The number of halogens is 3. The van der Waals surface area contributed by atoms with E-state index in [2.05, 4.69) is 10.1 Å². The van der Waals surface area contributed by atoms with E-state index in [4.69, 9.17) is 0 Å². The van der Waals surface area contributed by atoms with Crippen molar-refractivity contribution in [3.8, 4) is 0 Å². The van der Waals surface area contributed by atoms with E-state index in [1.807, 2.05) is 0 Å². The van der Waals surface area contributed by atoms with Crippen LogP contribution in [0.4, 0.5) is 24.5 Å². The van der Waals surface area contributed by atoms with Gasteiger partial charge < -0.3 is 10.1 Å². The average molecular weight is 291 g/mol. The number of nitro benzene ring substituents is 1. The lowest BCUT2D eigenvalue weighted by molar-refractivity contribution is -0.384. The monoisotopic (exact) mass is 291 g/mol. The number of alkyl halides is 3. The largest absolute Gasteiger partial charge is 0.670 e. The van der Waals surface area contributed by atoms with Crippen molar-refractivity contribution in [3.05, 3.63) is 39.2 Å². The van der Waals surface area contributed by atoms with E-state index >= 15 is 0 Å². The van der Waals surface area contributed by atoms with Gasteiger partial charge in [0.25, 0.3) is 11.7 Å². The second-order valence-electron chi connectivity index (χ2n) is 3.58. The Hall–Kier alpha value is -2.32. The zero-order valence-corrected chi connectivity index (χ0v) is 10.3. The molecule has 0 amide bonds. The van der Waals surface area contributed by atoms with E-state index in [-0.39, 0.29) is 12.3 Å². The summed E-state index contributed by atoms with van der Waals surface area (Å²) in [5, 5.41) is 14.3. The number of esters is 1. The van der Waals surface area contributed by atoms with Crippen LogP contribution in [0.3, 0.4) is 0 Å². The number of ether oxygens (including phenoxy) is 1. The summed E-state index contributed by atoms with van der Waals surface area (Å²) >= 11 is 0. The number of hydrogen-bond donors (Lipinski definition) is 0. The van der Waals surface area contributed by atoms with E-state index < -0.39 is 34.9 Å². The number of rotatable bonds is 5. The summed E-state index contributed by atoms with van der Waals surface area (Å²) in [5.74, 6) is -0.721. The van der Waals surface area contributed by atoms with Crippen LogP contribution in [0.2, 0.25) is 0 Å². The summed E-state index contributed by atoms with van der Waals surface area (Å²) in [4.78, 5) is 20.8. The van der Waals surface area contributed by atoms with Gasteiger partial charge in [0.2, 0.25) is 0 Å². The van der Waals surface area contributed by atoms with Gasteiger partial charge in [0.1, 0.15) is 0 Å². The molecular weight excluding hydrogens is 281 g/mol. The molecule has 0 saturated carbocycles. The highest BCUT2D eigenvalue weighted by molar-refractivity contribution is 5.79. The number of nitro groups is 1. The Balaban J connectivity index is 2.97. The normalized spacial score (nSPS) is 11.0. The molecule has 0 atom stereocenters. The third-order valence-corrected chi connectivity index (χ3v) is 2.18. The molecule has 0 heterocycles. The minimum absolute atomic E-state index is 0.115. The average Bonchev–Trinajstić information content (AvgIpc) is 2.35. The van der Waals surface area contributed by atoms with E-state index in [0.29, 0.717) is 12.1 Å². The first kappa shape index (κ1) is 15.7. The highest BCUT2D eigenvalue weighted by Gasteiger charge is 2.32. The molecule has 110 valence electrons. The second kappa shape index (κ2) is 6.22. The van der Waals surface area contributed by atoms with E-state index in [1.165, 1.54) is 0 Å². The smallest absolute Gasteiger partial charge is 0.416 e. The predicted octanol–water partition coefficient (Wildman–Crippen LogP) is 3.18. The second-order valence-corrected chi connectivity index (χ2v) is 3.58. The van der Waals surface area contributed by atoms with Gasteiger partial charge >= 0.3 is 6.18 Å². The maximum absolute atomic E-state index is 12.5. The van der Waals surface area contributed by atoms with Crippen molar-refractivity contribution in [2.45, 2.75) is 13.1 Å². The Morgan fingerprint density at radius 1 is 1.45 bits per heavy atom. The van der Waals surface area contributed by atoms with Crippen molar-refractivity contribution in [2.24, 2.45) is 0 Å². The lowest BCUT2D eigenvalue weighted by Crippen LogP contribution is -2.09. The number of carbonyl (C=O) groups is 1. The summed E-state index contributed by atoms with van der Waals surface area (Å²) in [6, 6.07) is 1.89. The lowest BCUT2D eigenvalue weighted by atomic mass is 10.1. The number of carbonyl (C=O) groups excluding carboxylic acids is 1. The van der Waals surface area contributed by atoms with Crippen molar-refractivity contribution in [1.82, 2.24) is 0 Å². The summed E-state index contributed by atoms with van der Waals surface area (Å²) in [6.07, 6.45) is -4.69. The van der Waals surface area contributed by atoms with Gasteiger partial charge in [0, 0.05) is 6.07 Å². The predicted molar refractivity (Wildman–Crippen MR) is 62.6 cm³/mol. The minimum Gasteiger partial charge on any atom is -0.670 e. The fraction of sp³-hybridized carbons (Fsp3) is 0.364. The van der Waals surface area contributed by atoms with Crippen LogP contribution in [-0.2, 0) is 15.7 Å². The van der Waals surface area contributed by atoms with Crippen LogP contribution < -0.4 is 0 Å². The summed E-state index contributed by atoms with van der Waals surface area (Å²) in [6.45, 7) is 1.18. The van der Waals surface area contributed by atoms with Crippen molar-refractivity contribution in [1.29, 1.82) is 0 Å². The molecule has 6 nitrogen and oxygen atoms in total. The van der Waals surface area contributed by atoms with Crippen molar-refractivity contribution >= 4 is 17.3 Å². The summed E-state index contributed by atoms with van der Waals surface area (Å²) in [7, 11) is 0. The third kappa shape index (κ3) is 4.11. The van der Waals surface area contributed by atoms with Gasteiger partial charge in [-0.3, -0.25) is 14.9 Å². The lowest BCUT2D eigenvalue weighted by Gasteiger charge is -2.20. The zero-order valence-electron chi connectivity index (χ0n) is 10.3. The molecule has 0 aliphatic carbocycles. The van der Waals surface area contributed by atoms with Gasteiger partial charge in [0.05, 0.1) is 17.1 Å². The molecule has 0 radical (unpaired) electrons. The first-order chi connectivity index (χ1) is 9.25. The maximum Gasteiger partial charge on any atom is 0.416 e. The zero-order chi connectivity index (χ0) is 15.3. The van der Waals surface area contributed by atoms with E-state index in [1.54, 1.807) is 6.92 Å². The molecule has 20 heavy (non-hydrogen) atoms. The van der Waals surface area contributed by atoms with Gasteiger partial charge in [-0.15, -0.1) is 0 Å². The maximum atomic E-state index is 12.5. The Kier molecular flexibility index (Phi) is 4.89. The molecule has 0 spiro atoms. The number of hydrogen-bond acceptors (Lipinski definition) is 4. The number of nitrogens with zero attached hydrogens (tertiary/aromatic N) is 2. The van der Waals surface area contributed by atoms with E-state index in [0.717, 1.165) is 6.07 Å². The molecular formula is C11H10F3N2O4-. The summed E-state index contributed by atoms with van der Waals surface area (Å²) < 4.78 is 41.9. The number of benzene rings is 1. The quantitative estimate of drug-likeness (QED) is 0.474. The van der Waals surface area contributed by atoms with Crippen LogP contribution in [0.25, 0.3) is 5.32 Å². The molecule has 0 saturated heterocycles. The van der Waals surface area contributed by atoms with Crippen LogP contribution in [0.5, 0.6) is 0 Å². The molecule has 1 aromatic rings. The SMILES string of the molecule is CCOC(=O)C[N-]c1ccc(C(F)(F)F)cc1[N+](=O)[O-]. The van der Waals surface area contributed by atoms with Crippen molar-refractivity contribution in [3.63, 3.8) is 0 Å². The molecule has 0 aliphatic rings. The Labute approximate surface area is 111 Å². The molecule has 1 rings (SSSR count).